The van der Waals surface area contributed by atoms with Crippen LogP contribution in [0, 0.1) is 0 Å². The van der Waals surface area contributed by atoms with E-state index in [9.17, 15) is 13.2 Å². The van der Waals surface area contributed by atoms with Gasteiger partial charge in [0.2, 0.25) is 5.91 Å². The lowest BCUT2D eigenvalue weighted by molar-refractivity contribution is -0.129. The summed E-state index contributed by atoms with van der Waals surface area (Å²) in [6.07, 6.45) is 6.54. The number of rotatable bonds is 18. The zero-order valence-corrected chi connectivity index (χ0v) is 23.8. The summed E-state index contributed by atoms with van der Waals surface area (Å²) in [5.41, 5.74) is 5.07. The summed E-state index contributed by atoms with van der Waals surface area (Å²) in [6, 6.07) is 19.0. The molecule has 0 aliphatic rings. The van der Waals surface area contributed by atoms with Gasteiger partial charge in [-0.25, -0.2) is 13.9 Å². The van der Waals surface area contributed by atoms with Crippen molar-refractivity contribution >= 4 is 15.7 Å². The first-order chi connectivity index (χ1) is 19.4. The molecule has 0 fully saturated rings. The Balaban J connectivity index is 1.42. The number of benzene rings is 2. The molecule has 216 valence electrons. The molecule has 0 unspecified atom stereocenters. The van der Waals surface area contributed by atoms with Crippen LogP contribution < -0.4 is 10.2 Å². The Morgan fingerprint density at radius 2 is 1.73 bits per heavy atom. The van der Waals surface area contributed by atoms with Crippen LogP contribution in [-0.2, 0) is 25.8 Å². The maximum absolute atomic E-state index is 12.9. The molecule has 2 N–H and O–H groups in total. The summed E-state index contributed by atoms with van der Waals surface area (Å²) >= 11 is 0. The van der Waals surface area contributed by atoms with Crippen molar-refractivity contribution in [2.75, 3.05) is 45.7 Å². The molecule has 0 radical (unpaired) electrons. The lowest BCUT2D eigenvalue weighted by atomic mass is 10.0. The summed E-state index contributed by atoms with van der Waals surface area (Å²) < 4.78 is 36.7. The van der Waals surface area contributed by atoms with E-state index in [0.717, 1.165) is 24.0 Å². The molecule has 1 amide bonds. The molecule has 1 aromatic heterocycles. The van der Waals surface area contributed by atoms with Gasteiger partial charge in [-0.2, -0.15) is 0 Å². The minimum Gasteiger partial charge on any atom is -0.494 e. The van der Waals surface area contributed by atoms with Crippen molar-refractivity contribution in [2.24, 2.45) is 0 Å². The van der Waals surface area contributed by atoms with Gasteiger partial charge in [0.15, 0.2) is 9.84 Å². The average Bonchev–Trinajstić information content (AvgIpc) is 2.98. The van der Waals surface area contributed by atoms with Crippen molar-refractivity contribution in [1.82, 2.24) is 15.4 Å². The van der Waals surface area contributed by atoms with Gasteiger partial charge in [-0.05, 0) is 85.8 Å². The zero-order valence-electron chi connectivity index (χ0n) is 23.0. The first kappa shape index (κ1) is 31.2. The Hall–Kier alpha value is -3.31. The molecule has 40 heavy (non-hydrogen) atoms. The van der Waals surface area contributed by atoms with Crippen molar-refractivity contribution in [3.63, 3.8) is 0 Å². The minimum absolute atomic E-state index is 0.0198. The largest absolute Gasteiger partial charge is 0.494 e. The Morgan fingerprint density at radius 3 is 2.45 bits per heavy atom. The van der Waals surface area contributed by atoms with Gasteiger partial charge in [-0.15, -0.1) is 0 Å². The Morgan fingerprint density at radius 1 is 0.950 bits per heavy atom. The molecule has 0 atom stereocenters. The fraction of sp³-hybridized carbons (Fsp3) is 0.400. The number of methoxy groups -OCH3 is 1. The zero-order chi connectivity index (χ0) is 28.6. The molecule has 0 saturated carbocycles. The number of ether oxygens (including phenoxy) is 2. The number of nitrogens with zero attached hydrogens (tertiary/aromatic N) is 2. The Labute approximate surface area is 237 Å². The van der Waals surface area contributed by atoms with Gasteiger partial charge in [0.1, 0.15) is 5.75 Å². The molecule has 2 aromatic carbocycles. The van der Waals surface area contributed by atoms with Gasteiger partial charge >= 0.3 is 0 Å². The normalized spacial score (nSPS) is 11.5. The molecular formula is C30H39N3O6S. The van der Waals surface area contributed by atoms with Crippen LogP contribution in [0.1, 0.15) is 31.2 Å². The highest BCUT2D eigenvalue weighted by atomic mass is 32.2. The molecule has 10 heteroatoms. The van der Waals surface area contributed by atoms with Crippen molar-refractivity contribution in [3.8, 4) is 16.9 Å². The molecule has 0 aliphatic heterocycles. The van der Waals surface area contributed by atoms with Crippen LogP contribution in [0.25, 0.3) is 11.1 Å². The summed E-state index contributed by atoms with van der Waals surface area (Å²) in [7, 11) is -1.83. The Bertz CT molecular complexity index is 1270. The van der Waals surface area contributed by atoms with Crippen LogP contribution >= 0.6 is 0 Å². The molecule has 0 aliphatic carbocycles. The summed E-state index contributed by atoms with van der Waals surface area (Å²) in [5, 5.41) is 8.63. The van der Waals surface area contributed by atoms with Gasteiger partial charge in [-0.3, -0.25) is 15.0 Å². The number of hydroxylamine groups is 1. The van der Waals surface area contributed by atoms with E-state index in [2.05, 4.69) is 28.1 Å². The number of aryl methyl sites for hydroxylation is 1. The van der Waals surface area contributed by atoms with E-state index in [-0.39, 0.29) is 17.1 Å². The standard InChI is InChI=1S/C30H39N3O6S/c1-38-21-19-33(17-4-11-30(34)32-35)18-6-22-40(36,37)29-14-12-28(13-15-29)39-20-5-8-25-7-2-9-26(23-25)27-10-3-16-31-24-27/h2-3,7,9-10,12-16,23-24,35H,4-6,8,11,17-22H2,1H3,(H,32,34). The smallest absolute Gasteiger partial charge is 0.243 e. The molecule has 3 rings (SSSR count). The van der Waals surface area contributed by atoms with E-state index < -0.39 is 15.7 Å². The maximum atomic E-state index is 12.9. The van der Waals surface area contributed by atoms with Crippen LogP contribution in [-0.4, -0.2) is 75.1 Å². The molecule has 3 aromatic rings. The van der Waals surface area contributed by atoms with Crippen LogP contribution in [0.2, 0.25) is 0 Å². The second-order valence-electron chi connectivity index (χ2n) is 9.51. The number of sulfone groups is 1. The number of amides is 1. The van der Waals surface area contributed by atoms with Crippen molar-refractivity contribution in [3.05, 3.63) is 78.6 Å². The number of aromatic nitrogens is 1. The molecule has 1 heterocycles. The highest BCUT2D eigenvalue weighted by Gasteiger charge is 2.16. The van der Waals surface area contributed by atoms with Gasteiger partial charge in [0.25, 0.3) is 0 Å². The van der Waals surface area contributed by atoms with E-state index in [1.165, 1.54) is 5.56 Å². The maximum Gasteiger partial charge on any atom is 0.243 e. The van der Waals surface area contributed by atoms with Crippen molar-refractivity contribution in [1.29, 1.82) is 0 Å². The summed E-state index contributed by atoms with van der Waals surface area (Å²) in [5.74, 6) is 0.223. The number of pyridine rings is 1. The molecule has 9 nitrogen and oxygen atoms in total. The predicted octanol–water partition coefficient (Wildman–Crippen LogP) is 4.16. The minimum atomic E-state index is -3.43. The summed E-state index contributed by atoms with van der Waals surface area (Å²) in [4.78, 5) is 17.8. The number of hydrogen-bond acceptors (Lipinski definition) is 8. The average molecular weight is 570 g/mol. The predicted molar refractivity (Wildman–Crippen MR) is 154 cm³/mol. The fourth-order valence-corrected chi connectivity index (χ4v) is 5.62. The molecule has 0 saturated heterocycles. The van der Waals surface area contributed by atoms with E-state index in [1.807, 2.05) is 24.4 Å². The SMILES string of the molecule is COCCN(CCCC(=O)NO)CCCS(=O)(=O)c1ccc(OCCCc2cccc(-c3cccnc3)c2)cc1. The van der Waals surface area contributed by atoms with E-state index in [0.29, 0.717) is 51.4 Å². The third-order valence-electron chi connectivity index (χ3n) is 6.49. The first-order valence-corrected chi connectivity index (χ1v) is 15.2. The van der Waals surface area contributed by atoms with Crippen LogP contribution in [0.5, 0.6) is 5.75 Å². The van der Waals surface area contributed by atoms with Gasteiger partial charge < -0.3 is 14.4 Å². The van der Waals surface area contributed by atoms with E-state index in [4.69, 9.17) is 14.7 Å². The second-order valence-corrected chi connectivity index (χ2v) is 11.6. The van der Waals surface area contributed by atoms with Crippen LogP contribution in [0.3, 0.4) is 0 Å². The Kier molecular flexibility index (Phi) is 13.0. The summed E-state index contributed by atoms with van der Waals surface area (Å²) in [6.45, 7) is 2.85. The third kappa shape index (κ3) is 10.7. The third-order valence-corrected chi connectivity index (χ3v) is 8.30. The highest BCUT2D eigenvalue weighted by molar-refractivity contribution is 7.91. The van der Waals surface area contributed by atoms with Gasteiger partial charge in [0.05, 0.1) is 23.9 Å². The van der Waals surface area contributed by atoms with Gasteiger partial charge in [0, 0.05) is 32.5 Å². The fourth-order valence-electron chi connectivity index (χ4n) is 4.32. The van der Waals surface area contributed by atoms with E-state index >= 15 is 0 Å². The first-order valence-electron chi connectivity index (χ1n) is 13.5. The molecular weight excluding hydrogens is 530 g/mol. The lowest BCUT2D eigenvalue weighted by Crippen LogP contribution is -2.31. The second kappa shape index (κ2) is 16.7. The lowest BCUT2D eigenvalue weighted by Gasteiger charge is -2.21. The number of nitrogens with one attached hydrogen (secondary N) is 1. The number of carbonyl (C=O) groups excluding carboxylic acids is 1. The molecule has 0 bridgehead atoms. The quantitative estimate of drug-likeness (QED) is 0.133. The van der Waals surface area contributed by atoms with Crippen molar-refractivity contribution < 1.29 is 27.9 Å². The van der Waals surface area contributed by atoms with Crippen molar-refractivity contribution in [2.45, 2.75) is 37.0 Å². The van der Waals surface area contributed by atoms with Gasteiger partial charge in [-0.1, -0.05) is 30.3 Å². The van der Waals surface area contributed by atoms with Crippen LogP contribution in [0.15, 0.2) is 78.0 Å². The topological polar surface area (TPSA) is 118 Å². The highest BCUT2D eigenvalue weighted by Crippen LogP contribution is 2.21. The number of carbonyl (C=O) groups is 1. The van der Waals surface area contributed by atoms with E-state index in [1.54, 1.807) is 43.1 Å². The number of hydrogen-bond donors (Lipinski definition) is 2. The monoisotopic (exact) mass is 569 g/mol. The van der Waals surface area contributed by atoms with Crippen LogP contribution in [0.4, 0.5) is 0 Å². The molecule has 0 spiro atoms.